The topological polar surface area (TPSA) is 50.7 Å². The minimum absolute atomic E-state index is 0.492. The first-order chi connectivity index (χ1) is 9.11. The second-order valence-corrected chi connectivity index (χ2v) is 4.71. The SMILES string of the molecule is CCc1cccnc1CNc1nc(C)nc(Cl)c1C. The van der Waals surface area contributed by atoms with Crippen molar-refractivity contribution in [2.45, 2.75) is 33.7 Å². The highest BCUT2D eigenvalue weighted by molar-refractivity contribution is 6.30. The second kappa shape index (κ2) is 5.97. The highest BCUT2D eigenvalue weighted by Gasteiger charge is 2.08. The zero-order chi connectivity index (χ0) is 13.8. The third-order valence-corrected chi connectivity index (χ3v) is 3.35. The van der Waals surface area contributed by atoms with E-state index in [1.54, 1.807) is 6.20 Å². The molecule has 0 fully saturated rings. The lowest BCUT2D eigenvalue weighted by Gasteiger charge is -2.11. The largest absolute Gasteiger partial charge is 0.364 e. The molecular weight excluding hydrogens is 260 g/mol. The van der Waals surface area contributed by atoms with Crippen LogP contribution in [0.3, 0.4) is 0 Å². The first kappa shape index (κ1) is 13.7. The third kappa shape index (κ3) is 3.20. The molecule has 100 valence electrons. The molecule has 0 aliphatic carbocycles. The Hall–Kier alpha value is -1.68. The van der Waals surface area contributed by atoms with Crippen molar-refractivity contribution in [3.8, 4) is 0 Å². The molecule has 0 saturated carbocycles. The second-order valence-electron chi connectivity index (χ2n) is 4.35. The number of pyridine rings is 1. The third-order valence-electron chi connectivity index (χ3n) is 2.99. The fraction of sp³-hybridized carbons (Fsp3) is 0.357. The summed E-state index contributed by atoms with van der Waals surface area (Å²) in [6.45, 7) is 6.49. The molecule has 0 aliphatic rings. The van der Waals surface area contributed by atoms with Crippen LogP contribution in [0.15, 0.2) is 18.3 Å². The van der Waals surface area contributed by atoms with Crippen LogP contribution in [-0.4, -0.2) is 15.0 Å². The van der Waals surface area contributed by atoms with Gasteiger partial charge in [0.2, 0.25) is 0 Å². The van der Waals surface area contributed by atoms with Gasteiger partial charge in [-0.05, 0) is 31.9 Å². The first-order valence-electron chi connectivity index (χ1n) is 6.29. The molecule has 5 heteroatoms. The van der Waals surface area contributed by atoms with E-state index in [1.807, 2.05) is 19.9 Å². The molecule has 0 spiro atoms. The van der Waals surface area contributed by atoms with Crippen molar-refractivity contribution in [1.29, 1.82) is 0 Å². The fourth-order valence-electron chi connectivity index (χ4n) is 1.89. The predicted molar refractivity (Wildman–Crippen MR) is 77.5 cm³/mol. The van der Waals surface area contributed by atoms with E-state index in [0.29, 0.717) is 17.5 Å². The molecule has 0 saturated heterocycles. The van der Waals surface area contributed by atoms with Crippen LogP contribution in [0.5, 0.6) is 0 Å². The van der Waals surface area contributed by atoms with Gasteiger partial charge in [0.15, 0.2) is 0 Å². The molecule has 0 aromatic carbocycles. The molecule has 0 aliphatic heterocycles. The van der Waals surface area contributed by atoms with Gasteiger partial charge in [-0.3, -0.25) is 4.98 Å². The van der Waals surface area contributed by atoms with Gasteiger partial charge in [0.1, 0.15) is 16.8 Å². The van der Waals surface area contributed by atoms with Crippen molar-refractivity contribution >= 4 is 17.4 Å². The van der Waals surface area contributed by atoms with E-state index in [-0.39, 0.29) is 0 Å². The quantitative estimate of drug-likeness (QED) is 0.871. The molecule has 0 unspecified atom stereocenters. The number of rotatable bonds is 4. The molecule has 0 amide bonds. The molecule has 2 aromatic heterocycles. The normalized spacial score (nSPS) is 10.5. The van der Waals surface area contributed by atoms with E-state index in [0.717, 1.165) is 23.5 Å². The molecule has 1 N–H and O–H groups in total. The lowest BCUT2D eigenvalue weighted by atomic mass is 10.1. The summed E-state index contributed by atoms with van der Waals surface area (Å²) in [6.07, 6.45) is 2.77. The van der Waals surface area contributed by atoms with Gasteiger partial charge in [-0.2, -0.15) is 0 Å². The molecule has 4 nitrogen and oxygen atoms in total. The summed E-state index contributed by atoms with van der Waals surface area (Å²) in [5.41, 5.74) is 3.14. The van der Waals surface area contributed by atoms with Crippen LogP contribution < -0.4 is 5.32 Å². The molecule has 19 heavy (non-hydrogen) atoms. The van der Waals surface area contributed by atoms with Crippen molar-refractivity contribution in [2.24, 2.45) is 0 Å². The summed E-state index contributed by atoms with van der Waals surface area (Å²) in [6, 6.07) is 4.05. The molecule has 0 bridgehead atoms. The number of halogens is 1. The lowest BCUT2D eigenvalue weighted by Crippen LogP contribution is -2.08. The van der Waals surface area contributed by atoms with Crippen LogP contribution in [0.4, 0.5) is 5.82 Å². The molecule has 2 aromatic rings. The lowest BCUT2D eigenvalue weighted by molar-refractivity contribution is 0.947. The first-order valence-corrected chi connectivity index (χ1v) is 6.67. The van der Waals surface area contributed by atoms with E-state index in [2.05, 4.69) is 33.3 Å². The molecule has 0 atom stereocenters. The number of nitrogens with zero attached hydrogens (tertiary/aromatic N) is 3. The van der Waals surface area contributed by atoms with Gasteiger partial charge in [0.05, 0.1) is 12.2 Å². The van der Waals surface area contributed by atoms with E-state index in [1.165, 1.54) is 5.56 Å². The number of aryl methyl sites for hydroxylation is 2. The molecule has 0 radical (unpaired) electrons. The minimum atomic E-state index is 0.492. The Labute approximate surface area is 118 Å². The average molecular weight is 277 g/mol. The van der Waals surface area contributed by atoms with Crippen LogP contribution in [-0.2, 0) is 13.0 Å². The van der Waals surface area contributed by atoms with Crippen LogP contribution in [0.25, 0.3) is 0 Å². The Morgan fingerprint density at radius 1 is 1.26 bits per heavy atom. The van der Waals surface area contributed by atoms with Crippen LogP contribution in [0.1, 0.15) is 29.6 Å². The zero-order valence-electron chi connectivity index (χ0n) is 11.4. The van der Waals surface area contributed by atoms with Crippen LogP contribution in [0, 0.1) is 13.8 Å². The smallest absolute Gasteiger partial charge is 0.137 e. The maximum absolute atomic E-state index is 6.05. The van der Waals surface area contributed by atoms with Gasteiger partial charge >= 0.3 is 0 Å². The Morgan fingerprint density at radius 3 is 2.79 bits per heavy atom. The van der Waals surface area contributed by atoms with Gasteiger partial charge in [0, 0.05) is 11.8 Å². The van der Waals surface area contributed by atoms with E-state index in [4.69, 9.17) is 11.6 Å². The number of aromatic nitrogens is 3. The summed E-state index contributed by atoms with van der Waals surface area (Å²) < 4.78 is 0. The summed E-state index contributed by atoms with van der Waals surface area (Å²) in [5.74, 6) is 1.43. The van der Waals surface area contributed by atoms with E-state index >= 15 is 0 Å². The van der Waals surface area contributed by atoms with Gasteiger partial charge in [-0.15, -0.1) is 0 Å². The van der Waals surface area contributed by atoms with Gasteiger partial charge in [-0.1, -0.05) is 24.6 Å². The Morgan fingerprint density at radius 2 is 2.05 bits per heavy atom. The standard InChI is InChI=1S/C14H17ClN4/c1-4-11-6-5-7-16-12(11)8-17-14-9(2)13(15)18-10(3)19-14/h5-7H,4,8H2,1-3H3,(H,17,18,19). The maximum atomic E-state index is 6.05. The maximum Gasteiger partial charge on any atom is 0.137 e. The molecule has 2 rings (SSSR count). The van der Waals surface area contributed by atoms with Crippen LogP contribution >= 0.6 is 11.6 Å². The monoisotopic (exact) mass is 276 g/mol. The summed E-state index contributed by atoms with van der Waals surface area (Å²) in [5, 5.41) is 3.78. The average Bonchev–Trinajstić information content (AvgIpc) is 2.41. The Bertz CT molecular complexity index is 584. The summed E-state index contributed by atoms with van der Waals surface area (Å²) in [7, 11) is 0. The van der Waals surface area contributed by atoms with Crippen molar-refractivity contribution in [3.05, 3.63) is 46.1 Å². The number of anilines is 1. The molecule has 2 heterocycles. The highest BCUT2D eigenvalue weighted by atomic mass is 35.5. The Kier molecular flexibility index (Phi) is 4.32. The predicted octanol–water partition coefficient (Wildman–Crippen LogP) is 3.32. The zero-order valence-corrected chi connectivity index (χ0v) is 12.1. The van der Waals surface area contributed by atoms with Gasteiger partial charge in [0.25, 0.3) is 0 Å². The van der Waals surface area contributed by atoms with Gasteiger partial charge < -0.3 is 5.32 Å². The van der Waals surface area contributed by atoms with Crippen LogP contribution in [0.2, 0.25) is 5.15 Å². The number of hydrogen-bond acceptors (Lipinski definition) is 4. The highest BCUT2D eigenvalue weighted by Crippen LogP contribution is 2.20. The Balaban J connectivity index is 2.19. The van der Waals surface area contributed by atoms with Crippen molar-refractivity contribution in [2.75, 3.05) is 5.32 Å². The number of nitrogens with one attached hydrogen (secondary N) is 1. The van der Waals surface area contributed by atoms with Crippen molar-refractivity contribution in [1.82, 2.24) is 15.0 Å². The summed E-state index contributed by atoms with van der Waals surface area (Å²) in [4.78, 5) is 12.9. The van der Waals surface area contributed by atoms with E-state index in [9.17, 15) is 0 Å². The van der Waals surface area contributed by atoms with Crippen molar-refractivity contribution < 1.29 is 0 Å². The fourth-order valence-corrected chi connectivity index (χ4v) is 2.10. The van der Waals surface area contributed by atoms with Gasteiger partial charge in [-0.25, -0.2) is 9.97 Å². The molecular formula is C14H17ClN4. The van der Waals surface area contributed by atoms with Crippen molar-refractivity contribution in [3.63, 3.8) is 0 Å². The van der Waals surface area contributed by atoms with E-state index < -0.39 is 0 Å². The summed E-state index contributed by atoms with van der Waals surface area (Å²) >= 11 is 6.05. The minimum Gasteiger partial charge on any atom is -0.364 e. The number of hydrogen-bond donors (Lipinski definition) is 1.